The van der Waals surface area contributed by atoms with Crippen LogP contribution in [0.1, 0.15) is 11.1 Å². The topological polar surface area (TPSA) is 57.0 Å². The highest BCUT2D eigenvalue weighted by Crippen LogP contribution is 2.21. The highest BCUT2D eigenvalue weighted by Gasteiger charge is 2.10. The van der Waals surface area contributed by atoms with Gasteiger partial charge in [-0.1, -0.05) is 18.3 Å². The molecule has 1 aromatic rings. The minimum atomic E-state index is 0.342. The molecule has 5 nitrogen and oxygen atoms in total. The van der Waals surface area contributed by atoms with Crippen LogP contribution in [0.3, 0.4) is 0 Å². The quantitative estimate of drug-likeness (QED) is 0.660. The Balaban J connectivity index is 2.79. The number of nitrogens with two attached hydrogens (primary N) is 1. The molecule has 0 spiro atoms. The number of benzene rings is 1. The Morgan fingerprint density at radius 1 is 1.14 bits per heavy atom. The third-order valence-electron chi connectivity index (χ3n) is 3.16. The Hall–Kier alpha value is -1.21. The summed E-state index contributed by atoms with van der Waals surface area (Å²) in [6, 6.07) is 5.89. The summed E-state index contributed by atoms with van der Waals surface area (Å²) in [5.74, 6) is 0.707. The molecule has 0 saturated carbocycles. The smallest absolute Gasteiger partial charge is 0.129 e. The Morgan fingerprint density at radius 3 is 2.24 bits per heavy atom. The minimum absolute atomic E-state index is 0.342. The lowest BCUT2D eigenvalue weighted by atomic mass is 10.1. The van der Waals surface area contributed by atoms with Gasteiger partial charge in [-0.2, -0.15) is 0 Å². The van der Waals surface area contributed by atoms with Crippen molar-refractivity contribution in [1.82, 2.24) is 4.90 Å². The molecule has 0 aliphatic heterocycles. The van der Waals surface area contributed by atoms with Gasteiger partial charge in [-0.05, 0) is 17.7 Å². The van der Waals surface area contributed by atoms with Crippen LogP contribution in [-0.2, 0) is 16.0 Å². The minimum Gasteiger partial charge on any atom is -0.496 e. The standard InChI is InChI=1S/C15H24N2O3S/c1-18-8-6-17(7-9-19-2)11-12-4-5-13(15(16)21)14(10-12)20-3/h4-5,10H,6-9,11H2,1-3H3,(H2,16,21). The van der Waals surface area contributed by atoms with Crippen molar-refractivity contribution in [3.05, 3.63) is 29.3 Å². The molecular formula is C15H24N2O3S. The molecule has 6 heteroatoms. The molecule has 1 aromatic carbocycles. The molecule has 0 fully saturated rings. The van der Waals surface area contributed by atoms with Crippen molar-refractivity contribution >= 4 is 17.2 Å². The van der Waals surface area contributed by atoms with Gasteiger partial charge in [-0.25, -0.2) is 0 Å². The number of hydrogen-bond acceptors (Lipinski definition) is 5. The van der Waals surface area contributed by atoms with Crippen LogP contribution in [0.15, 0.2) is 18.2 Å². The van der Waals surface area contributed by atoms with Crippen LogP contribution in [0.4, 0.5) is 0 Å². The highest BCUT2D eigenvalue weighted by atomic mass is 32.1. The molecule has 0 unspecified atom stereocenters. The summed E-state index contributed by atoms with van der Waals surface area (Å²) in [5.41, 5.74) is 7.58. The molecule has 2 N–H and O–H groups in total. The zero-order valence-corrected chi connectivity index (χ0v) is 13.7. The lowest BCUT2D eigenvalue weighted by Gasteiger charge is -2.22. The summed E-state index contributed by atoms with van der Waals surface area (Å²) in [5, 5.41) is 0. The van der Waals surface area contributed by atoms with E-state index in [4.69, 9.17) is 32.2 Å². The zero-order chi connectivity index (χ0) is 15.7. The molecule has 1 rings (SSSR count). The molecule has 0 aliphatic carbocycles. The molecule has 0 atom stereocenters. The van der Waals surface area contributed by atoms with Crippen LogP contribution >= 0.6 is 12.2 Å². The summed E-state index contributed by atoms with van der Waals surface area (Å²) in [6.45, 7) is 3.86. The number of hydrogen-bond donors (Lipinski definition) is 1. The van der Waals surface area contributed by atoms with Crippen molar-refractivity contribution in [2.75, 3.05) is 47.6 Å². The van der Waals surface area contributed by atoms with Crippen molar-refractivity contribution in [3.63, 3.8) is 0 Å². The van der Waals surface area contributed by atoms with Crippen molar-refractivity contribution < 1.29 is 14.2 Å². The average molecular weight is 312 g/mol. The van der Waals surface area contributed by atoms with Crippen molar-refractivity contribution in [3.8, 4) is 5.75 Å². The van der Waals surface area contributed by atoms with E-state index in [2.05, 4.69) is 4.90 Å². The first kappa shape index (κ1) is 17.8. The second kappa shape index (κ2) is 9.68. The van der Waals surface area contributed by atoms with Crippen LogP contribution in [0.5, 0.6) is 5.75 Å². The first-order valence-corrected chi connectivity index (χ1v) is 7.20. The van der Waals surface area contributed by atoms with E-state index in [-0.39, 0.29) is 0 Å². The number of methoxy groups -OCH3 is 3. The van der Waals surface area contributed by atoms with Gasteiger partial charge in [0, 0.05) is 33.9 Å². The van der Waals surface area contributed by atoms with Crippen LogP contribution in [0.2, 0.25) is 0 Å². The fraction of sp³-hybridized carbons (Fsp3) is 0.533. The van der Waals surface area contributed by atoms with E-state index in [1.54, 1.807) is 21.3 Å². The van der Waals surface area contributed by atoms with Gasteiger partial charge >= 0.3 is 0 Å². The Bertz CT molecular complexity index is 447. The van der Waals surface area contributed by atoms with E-state index < -0.39 is 0 Å². The Kier molecular flexibility index (Phi) is 8.22. The molecule has 0 aromatic heterocycles. The zero-order valence-electron chi connectivity index (χ0n) is 12.9. The molecule has 118 valence electrons. The number of ether oxygens (including phenoxy) is 3. The van der Waals surface area contributed by atoms with Crippen molar-refractivity contribution in [1.29, 1.82) is 0 Å². The summed E-state index contributed by atoms with van der Waals surface area (Å²) < 4.78 is 15.6. The van der Waals surface area contributed by atoms with E-state index in [1.807, 2.05) is 18.2 Å². The van der Waals surface area contributed by atoms with E-state index in [0.29, 0.717) is 24.0 Å². The maximum absolute atomic E-state index is 5.68. The molecule has 0 amide bonds. The van der Waals surface area contributed by atoms with Gasteiger partial charge in [0.05, 0.1) is 25.9 Å². The van der Waals surface area contributed by atoms with E-state index in [9.17, 15) is 0 Å². The molecule has 21 heavy (non-hydrogen) atoms. The maximum atomic E-state index is 5.68. The van der Waals surface area contributed by atoms with Crippen molar-refractivity contribution in [2.45, 2.75) is 6.54 Å². The number of nitrogens with zero attached hydrogens (tertiary/aromatic N) is 1. The second-order valence-corrected chi connectivity index (χ2v) is 5.10. The average Bonchev–Trinajstić information content (AvgIpc) is 2.49. The van der Waals surface area contributed by atoms with Gasteiger partial charge in [0.25, 0.3) is 0 Å². The Labute approximate surface area is 132 Å². The first-order valence-electron chi connectivity index (χ1n) is 6.79. The van der Waals surface area contributed by atoms with E-state index >= 15 is 0 Å². The maximum Gasteiger partial charge on any atom is 0.129 e. The predicted molar refractivity (Wildman–Crippen MR) is 87.9 cm³/mol. The van der Waals surface area contributed by atoms with Crippen LogP contribution < -0.4 is 10.5 Å². The summed E-state index contributed by atoms with van der Waals surface area (Å²) in [7, 11) is 5.03. The fourth-order valence-corrected chi connectivity index (χ4v) is 2.18. The van der Waals surface area contributed by atoms with Gasteiger partial charge in [-0.15, -0.1) is 0 Å². The number of rotatable bonds is 10. The molecule has 0 aliphatic rings. The number of thiocarbonyl (C=S) groups is 1. The highest BCUT2D eigenvalue weighted by molar-refractivity contribution is 7.80. The van der Waals surface area contributed by atoms with Crippen LogP contribution in [-0.4, -0.2) is 57.5 Å². The largest absolute Gasteiger partial charge is 0.496 e. The summed E-state index contributed by atoms with van der Waals surface area (Å²) >= 11 is 5.02. The van der Waals surface area contributed by atoms with E-state index in [1.165, 1.54) is 0 Å². The second-order valence-electron chi connectivity index (χ2n) is 4.66. The summed E-state index contributed by atoms with van der Waals surface area (Å²) in [4.78, 5) is 2.61. The molecule has 0 heterocycles. The van der Waals surface area contributed by atoms with Crippen LogP contribution in [0, 0.1) is 0 Å². The molecule has 0 radical (unpaired) electrons. The normalized spacial score (nSPS) is 10.9. The van der Waals surface area contributed by atoms with Gasteiger partial charge < -0.3 is 19.9 Å². The SMILES string of the molecule is COCCN(CCOC)Cc1ccc(C(N)=S)c(OC)c1. The lowest BCUT2D eigenvalue weighted by molar-refractivity contribution is 0.110. The van der Waals surface area contributed by atoms with Gasteiger partial charge in [0.2, 0.25) is 0 Å². The van der Waals surface area contributed by atoms with Crippen LogP contribution in [0.25, 0.3) is 0 Å². The lowest BCUT2D eigenvalue weighted by Crippen LogP contribution is -2.30. The van der Waals surface area contributed by atoms with Gasteiger partial charge in [-0.3, -0.25) is 4.90 Å². The third-order valence-corrected chi connectivity index (χ3v) is 3.38. The monoisotopic (exact) mass is 312 g/mol. The third kappa shape index (κ3) is 5.97. The van der Waals surface area contributed by atoms with E-state index in [0.717, 1.165) is 30.8 Å². The predicted octanol–water partition coefficient (Wildman–Crippen LogP) is 1.42. The molecular weight excluding hydrogens is 288 g/mol. The van der Waals surface area contributed by atoms with Crippen molar-refractivity contribution in [2.24, 2.45) is 5.73 Å². The molecule has 0 bridgehead atoms. The fourth-order valence-electron chi connectivity index (χ4n) is 2.01. The van der Waals surface area contributed by atoms with Gasteiger partial charge in [0.15, 0.2) is 0 Å². The molecule has 0 saturated heterocycles. The summed E-state index contributed by atoms with van der Waals surface area (Å²) in [6.07, 6.45) is 0. The Morgan fingerprint density at radius 2 is 1.76 bits per heavy atom. The van der Waals surface area contributed by atoms with Gasteiger partial charge in [0.1, 0.15) is 10.7 Å². The first-order chi connectivity index (χ1) is 10.1.